The molecule has 0 radical (unpaired) electrons. The van der Waals surface area contributed by atoms with E-state index in [4.69, 9.17) is 4.74 Å². The third-order valence-corrected chi connectivity index (χ3v) is 3.76. The molecule has 4 nitrogen and oxygen atoms in total. The highest BCUT2D eigenvalue weighted by molar-refractivity contribution is 5.98. The summed E-state index contributed by atoms with van der Waals surface area (Å²) in [6, 6.07) is 8.02. The number of aromatic nitrogens is 1. The van der Waals surface area contributed by atoms with E-state index in [1.165, 1.54) is 0 Å². The first-order valence-corrected chi connectivity index (χ1v) is 6.75. The highest BCUT2D eigenvalue weighted by atomic mass is 16.5. The maximum atomic E-state index is 12.6. The van der Waals surface area contributed by atoms with Gasteiger partial charge in [0.05, 0.1) is 19.3 Å². The van der Waals surface area contributed by atoms with Gasteiger partial charge in [-0.05, 0) is 30.0 Å². The second kappa shape index (κ2) is 5.05. The van der Waals surface area contributed by atoms with Crippen molar-refractivity contribution in [3.8, 4) is 0 Å². The topological polar surface area (TPSA) is 45.3 Å². The number of carbonyl (C=O) groups excluding carboxylic acids is 1. The van der Waals surface area contributed by atoms with E-state index in [9.17, 15) is 4.79 Å². The van der Waals surface area contributed by atoms with Crippen LogP contribution in [0, 0.1) is 0 Å². The van der Waals surface area contributed by atoms with Crippen molar-refractivity contribution in [2.45, 2.75) is 19.4 Å². The SMILES string of the molecule is CC[C@H]1COCCN1C(=O)c1ccc2cc[nH]c2c1. The van der Waals surface area contributed by atoms with Crippen molar-refractivity contribution in [1.29, 1.82) is 0 Å². The third kappa shape index (κ3) is 2.24. The number of nitrogens with one attached hydrogen (secondary N) is 1. The van der Waals surface area contributed by atoms with Gasteiger partial charge in [-0.1, -0.05) is 13.0 Å². The van der Waals surface area contributed by atoms with Crippen molar-refractivity contribution in [3.63, 3.8) is 0 Å². The summed E-state index contributed by atoms with van der Waals surface area (Å²) >= 11 is 0. The molecule has 1 atom stereocenters. The van der Waals surface area contributed by atoms with Crippen LogP contribution in [-0.2, 0) is 4.74 Å². The molecule has 2 aromatic rings. The molecule has 1 saturated heterocycles. The largest absolute Gasteiger partial charge is 0.377 e. The summed E-state index contributed by atoms with van der Waals surface area (Å²) in [5.74, 6) is 0.103. The molecule has 1 aliphatic rings. The molecular weight excluding hydrogens is 240 g/mol. The average Bonchev–Trinajstić information content (AvgIpc) is 2.93. The number of carbonyl (C=O) groups is 1. The van der Waals surface area contributed by atoms with E-state index in [0.29, 0.717) is 19.8 Å². The Hall–Kier alpha value is -1.81. The molecule has 100 valence electrons. The molecule has 1 aliphatic heterocycles. The van der Waals surface area contributed by atoms with E-state index in [0.717, 1.165) is 22.9 Å². The molecule has 0 aliphatic carbocycles. The lowest BCUT2D eigenvalue weighted by molar-refractivity contribution is -0.00279. The molecule has 1 amide bonds. The van der Waals surface area contributed by atoms with E-state index in [1.807, 2.05) is 35.4 Å². The Bertz CT molecular complexity index is 591. The van der Waals surface area contributed by atoms with Gasteiger partial charge in [0.1, 0.15) is 0 Å². The molecule has 1 N–H and O–H groups in total. The van der Waals surface area contributed by atoms with Gasteiger partial charge in [0.15, 0.2) is 0 Å². The second-order valence-corrected chi connectivity index (χ2v) is 4.92. The van der Waals surface area contributed by atoms with Crippen molar-refractivity contribution >= 4 is 16.8 Å². The number of ether oxygens (including phenoxy) is 1. The summed E-state index contributed by atoms with van der Waals surface area (Å²) in [4.78, 5) is 17.7. The van der Waals surface area contributed by atoms with Gasteiger partial charge in [-0.2, -0.15) is 0 Å². The van der Waals surface area contributed by atoms with Crippen LogP contribution in [0.3, 0.4) is 0 Å². The van der Waals surface area contributed by atoms with Gasteiger partial charge in [-0.25, -0.2) is 0 Å². The summed E-state index contributed by atoms with van der Waals surface area (Å²) in [6.45, 7) is 4.05. The van der Waals surface area contributed by atoms with Crippen LogP contribution in [0.25, 0.3) is 10.9 Å². The lowest BCUT2D eigenvalue weighted by Crippen LogP contribution is -2.48. The van der Waals surface area contributed by atoms with Crippen molar-refractivity contribution in [2.24, 2.45) is 0 Å². The van der Waals surface area contributed by atoms with Gasteiger partial charge in [-0.15, -0.1) is 0 Å². The molecule has 1 fully saturated rings. The summed E-state index contributed by atoms with van der Waals surface area (Å²) in [6.07, 6.45) is 2.82. The van der Waals surface area contributed by atoms with Crippen LogP contribution in [-0.4, -0.2) is 41.6 Å². The fraction of sp³-hybridized carbons (Fsp3) is 0.400. The smallest absolute Gasteiger partial charge is 0.254 e. The Morgan fingerprint density at radius 1 is 1.47 bits per heavy atom. The fourth-order valence-electron chi connectivity index (χ4n) is 2.61. The van der Waals surface area contributed by atoms with E-state index >= 15 is 0 Å². The predicted molar refractivity (Wildman–Crippen MR) is 74.2 cm³/mol. The number of rotatable bonds is 2. The van der Waals surface area contributed by atoms with E-state index in [2.05, 4.69) is 11.9 Å². The number of hydrogen-bond acceptors (Lipinski definition) is 2. The number of nitrogens with zero attached hydrogens (tertiary/aromatic N) is 1. The fourth-order valence-corrected chi connectivity index (χ4v) is 2.61. The zero-order valence-electron chi connectivity index (χ0n) is 11.1. The van der Waals surface area contributed by atoms with Gasteiger partial charge in [0, 0.05) is 23.8 Å². The zero-order valence-corrected chi connectivity index (χ0v) is 11.1. The minimum Gasteiger partial charge on any atom is -0.377 e. The quantitative estimate of drug-likeness (QED) is 0.899. The Morgan fingerprint density at radius 3 is 3.21 bits per heavy atom. The third-order valence-electron chi connectivity index (χ3n) is 3.76. The summed E-state index contributed by atoms with van der Waals surface area (Å²) in [5, 5.41) is 1.13. The molecule has 0 saturated carbocycles. The molecule has 2 heterocycles. The molecule has 0 spiro atoms. The minimum atomic E-state index is 0.103. The first-order chi connectivity index (χ1) is 9.29. The minimum absolute atomic E-state index is 0.103. The maximum absolute atomic E-state index is 12.6. The Labute approximate surface area is 112 Å². The Balaban J connectivity index is 1.89. The van der Waals surface area contributed by atoms with E-state index < -0.39 is 0 Å². The van der Waals surface area contributed by atoms with Gasteiger partial charge in [0.2, 0.25) is 0 Å². The van der Waals surface area contributed by atoms with Gasteiger partial charge < -0.3 is 14.6 Å². The van der Waals surface area contributed by atoms with E-state index in [-0.39, 0.29) is 11.9 Å². The van der Waals surface area contributed by atoms with Crippen LogP contribution in [0.2, 0.25) is 0 Å². The van der Waals surface area contributed by atoms with Crippen molar-refractivity contribution in [3.05, 3.63) is 36.0 Å². The van der Waals surface area contributed by atoms with Crippen LogP contribution in [0.15, 0.2) is 30.5 Å². The van der Waals surface area contributed by atoms with Crippen LogP contribution in [0.1, 0.15) is 23.7 Å². The molecule has 4 heteroatoms. The number of hydrogen-bond donors (Lipinski definition) is 1. The molecular formula is C15H18N2O2. The van der Waals surface area contributed by atoms with Crippen LogP contribution in [0.4, 0.5) is 0 Å². The number of aromatic amines is 1. The molecule has 19 heavy (non-hydrogen) atoms. The Kier molecular flexibility index (Phi) is 3.25. The molecule has 0 bridgehead atoms. The normalized spacial score (nSPS) is 19.8. The standard InChI is InChI=1S/C15H18N2O2/c1-2-13-10-19-8-7-17(13)15(18)12-4-3-11-5-6-16-14(11)9-12/h3-6,9,13,16H,2,7-8,10H2,1H3/t13-/m0/s1. The number of benzene rings is 1. The lowest BCUT2D eigenvalue weighted by atomic mass is 10.1. The van der Waals surface area contributed by atoms with Gasteiger partial charge in [-0.3, -0.25) is 4.79 Å². The van der Waals surface area contributed by atoms with E-state index in [1.54, 1.807) is 0 Å². The number of amides is 1. The van der Waals surface area contributed by atoms with Crippen molar-refractivity contribution < 1.29 is 9.53 Å². The molecule has 1 aromatic carbocycles. The van der Waals surface area contributed by atoms with Crippen molar-refractivity contribution in [2.75, 3.05) is 19.8 Å². The van der Waals surface area contributed by atoms with Crippen molar-refractivity contribution in [1.82, 2.24) is 9.88 Å². The summed E-state index contributed by atoms with van der Waals surface area (Å²) in [7, 11) is 0. The number of H-pyrrole nitrogens is 1. The number of morpholine rings is 1. The molecule has 3 rings (SSSR count). The van der Waals surface area contributed by atoms with Gasteiger partial charge >= 0.3 is 0 Å². The zero-order chi connectivity index (χ0) is 13.2. The maximum Gasteiger partial charge on any atom is 0.254 e. The Morgan fingerprint density at radius 2 is 2.37 bits per heavy atom. The van der Waals surface area contributed by atoms with Crippen LogP contribution >= 0.6 is 0 Å². The average molecular weight is 258 g/mol. The van der Waals surface area contributed by atoms with Crippen LogP contribution < -0.4 is 0 Å². The first-order valence-electron chi connectivity index (χ1n) is 6.75. The molecule has 1 aromatic heterocycles. The highest BCUT2D eigenvalue weighted by Gasteiger charge is 2.26. The summed E-state index contributed by atoms with van der Waals surface area (Å²) < 4.78 is 5.45. The summed E-state index contributed by atoms with van der Waals surface area (Å²) in [5.41, 5.74) is 1.75. The lowest BCUT2D eigenvalue weighted by Gasteiger charge is -2.35. The molecule has 0 unspecified atom stereocenters. The highest BCUT2D eigenvalue weighted by Crippen LogP contribution is 2.18. The van der Waals surface area contributed by atoms with Gasteiger partial charge in [0.25, 0.3) is 5.91 Å². The predicted octanol–water partition coefficient (Wildman–Crippen LogP) is 2.42. The number of fused-ring (bicyclic) bond motifs is 1. The monoisotopic (exact) mass is 258 g/mol. The first kappa shape index (κ1) is 12.2. The second-order valence-electron chi connectivity index (χ2n) is 4.92. The van der Waals surface area contributed by atoms with Crippen LogP contribution in [0.5, 0.6) is 0 Å².